The molecular formula is C27H21N3O2. The van der Waals surface area contributed by atoms with E-state index >= 15 is 0 Å². The van der Waals surface area contributed by atoms with Gasteiger partial charge >= 0.3 is 0 Å². The van der Waals surface area contributed by atoms with E-state index in [-0.39, 0.29) is 0 Å². The highest BCUT2D eigenvalue weighted by Crippen LogP contribution is 2.41. The van der Waals surface area contributed by atoms with Crippen molar-refractivity contribution in [1.82, 2.24) is 15.1 Å². The second kappa shape index (κ2) is 6.95. The minimum atomic E-state index is 0.773. The SMILES string of the molecule is COc1cc2c(cc1-c1c(C)noc1C)[nH]c1ccnc(-c3ccc4ccccc4c3)c12. The van der Waals surface area contributed by atoms with Crippen LogP contribution in [0.5, 0.6) is 5.75 Å². The van der Waals surface area contributed by atoms with Crippen LogP contribution in [0.3, 0.4) is 0 Å². The molecule has 0 atom stereocenters. The monoisotopic (exact) mass is 419 g/mol. The van der Waals surface area contributed by atoms with Crippen LogP contribution in [-0.4, -0.2) is 22.2 Å². The predicted molar refractivity (Wildman–Crippen MR) is 128 cm³/mol. The number of aryl methyl sites for hydroxylation is 2. The van der Waals surface area contributed by atoms with Gasteiger partial charge in [-0.15, -0.1) is 0 Å². The molecule has 5 heteroatoms. The molecule has 5 nitrogen and oxygen atoms in total. The lowest BCUT2D eigenvalue weighted by Crippen LogP contribution is -1.90. The second-order valence-corrected chi connectivity index (χ2v) is 8.07. The highest BCUT2D eigenvalue weighted by atomic mass is 16.5. The van der Waals surface area contributed by atoms with Crippen LogP contribution in [0.1, 0.15) is 11.5 Å². The van der Waals surface area contributed by atoms with E-state index in [1.807, 2.05) is 26.1 Å². The van der Waals surface area contributed by atoms with Crippen molar-refractivity contribution in [2.24, 2.45) is 0 Å². The number of nitrogens with zero attached hydrogens (tertiary/aromatic N) is 2. The fraction of sp³-hybridized carbons (Fsp3) is 0.111. The Hall–Kier alpha value is -4.12. The highest BCUT2D eigenvalue weighted by molar-refractivity contribution is 6.15. The standard InChI is InChI=1S/C27H21N3O2/c1-15-25(16(2)32-30-15)21-13-23-20(14-24(21)31-3)26-22(29-23)10-11-28-27(26)19-9-8-17-6-4-5-7-18(17)12-19/h4-14,29H,1-3H3. The topological polar surface area (TPSA) is 63.9 Å². The Morgan fingerprint density at radius 3 is 2.53 bits per heavy atom. The van der Waals surface area contributed by atoms with Crippen LogP contribution in [0.2, 0.25) is 0 Å². The second-order valence-electron chi connectivity index (χ2n) is 8.07. The van der Waals surface area contributed by atoms with E-state index in [0.29, 0.717) is 0 Å². The Bertz CT molecular complexity index is 1620. The first-order valence-corrected chi connectivity index (χ1v) is 10.5. The quantitative estimate of drug-likeness (QED) is 0.342. The summed E-state index contributed by atoms with van der Waals surface area (Å²) in [6.07, 6.45) is 1.86. The molecule has 0 radical (unpaired) electrons. The van der Waals surface area contributed by atoms with E-state index in [1.165, 1.54) is 10.8 Å². The molecule has 0 spiro atoms. The van der Waals surface area contributed by atoms with Crippen molar-refractivity contribution >= 4 is 32.6 Å². The third-order valence-corrected chi connectivity index (χ3v) is 6.15. The maximum Gasteiger partial charge on any atom is 0.141 e. The van der Waals surface area contributed by atoms with E-state index < -0.39 is 0 Å². The van der Waals surface area contributed by atoms with Crippen LogP contribution in [0, 0.1) is 13.8 Å². The van der Waals surface area contributed by atoms with Gasteiger partial charge in [-0.3, -0.25) is 4.98 Å². The lowest BCUT2D eigenvalue weighted by Gasteiger charge is -2.10. The van der Waals surface area contributed by atoms with Gasteiger partial charge in [0.25, 0.3) is 0 Å². The van der Waals surface area contributed by atoms with Crippen LogP contribution in [0.4, 0.5) is 0 Å². The van der Waals surface area contributed by atoms with Crippen molar-refractivity contribution in [3.63, 3.8) is 0 Å². The summed E-state index contributed by atoms with van der Waals surface area (Å²) in [5.41, 5.74) is 6.87. The summed E-state index contributed by atoms with van der Waals surface area (Å²) in [7, 11) is 1.69. The van der Waals surface area contributed by atoms with E-state index in [0.717, 1.165) is 61.4 Å². The zero-order valence-electron chi connectivity index (χ0n) is 18.1. The van der Waals surface area contributed by atoms with Gasteiger partial charge in [0.05, 0.1) is 29.6 Å². The zero-order chi connectivity index (χ0) is 21.8. The Kier molecular flexibility index (Phi) is 4.05. The van der Waals surface area contributed by atoms with Crippen LogP contribution in [0.15, 0.2) is 71.4 Å². The van der Waals surface area contributed by atoms with Crippen LogP contribution in [-0.2, 0) is 0 Å². The molecule has 0 saturated heterocycles. The molecule has 0 saturated carbocycles. The summed E-state index contributed by atoms with van der Waals surface area (Å²) in [6.45, 7) is 3.87. The summed E-state index contributed by atoms with van der Waals surface area (Å²) >= 11 is 0. The van der Waals surface area contributed by atoms with Gasteiger partial charge in [0.15, 0.2) is 0 Å². The number of ether oxygens (including phenoxy) is 1. The molecule has 3 aromatic heterocycles. The lowest BCUT2D eigenvalue weighted by molar-refractivity contribution is 0.393. The van der Waals surface area contributed by atoms with E-state index in [4.69, 9.17) is 14.2 Å². The first-order chi connectivity index (χ1) is 15.6. The lowest BCUT2D eigenvalue weighted by atomic mass is 9.98. The molecule has 32 heavy (non-hydrogen) atoms. The summed E-state index contributed by atoms with van der Waals surface area (Å²) in [6, 6.07) is 21.1. The van der Waals surface area contributed by atoms with Crippen molar-refractivity contribution in [3.05, 3.63) is 78.3 Å². The summed E-state index contributed by atoms with van der Waals surface area (Å²) in [5, 5.41) is 8.69. The molecule has 0 amide bonds. The first kappa shape index (κ1) is 18.6. The molecule has 0 fully saturated rings. The molecule has 3 aromatic carbocycles. The fourth-order valence-electron chi connectivity index (χ4n) is 4.66. The fourth-order valence-corrected chi connectivity index (χ4v) is 4.66. The number of hydrogen-bond acceptors (Lipinski definition) is 4. The average Bonchev–Trinajstić information content (AvgIpc) is 3.36. The number of H-pyrrole nitrogens is 1. The smallest absolute Gasteiger partial charge is 0.141 e. The van der Waals surface area contributed by atoms with Gasteiger partial charge in [-0.1, -0.05) is 41.6 Å². The first-order valence-electron chi connectivity index (χ1n) is 10.5. The third kappa shape index (κ3) is 2.71. The van der Waals surface area contributed by atoms with E-state index in [1.54, 1.807) is 7.11 Å². The zero-order valence-corrected chi connectivity index (χ0v) is 18.1. The molecule has 1 N–H and O–H groups in total. The number of rotatable bonds is 3. The Balaban J connectivity index is 1.64. The molecule has 6 rings (SSSR count). The average molecular weight is 419 g/mol. The van der Waals surface area contributed by atoms with Crippen molar-refractivity contribution in [1.29, 1.82) is 0 Å². The van der Waals surface area contributed by atoms with Crippen molar-refractivity contribution in [2.45, 2.75) is 13.8 Å². The highest BCUT2D eigenvalue weighted by Gasteiger charge is 2.20. The molecular weight excluding hydrogens is 398 g/mol. The number of fused-ring (bicyclic) bond motifs is 4. The maximum absolute atomic E-state index is 5.81. The molecule has 0 aliphatic heterocycles. The minimum absolute atomic E-state index is 0.773. The summed E-state index contributed by atoms with van der Waals surface area (Å²) in [4.78, 5) is 8.35. The molecule has 0 aliphatic carbocycles. The Morgan fingerprint density at radius 2 is 1.75 bits per heavy atom. The number of methoxy groups -OCH3 is 1. The van der Waals surface area contributed by atoms with Gasteiger partial charge in [-0.25, -0.2) is 0 Å². The van der Waals surface area contributed by atoms with Gasteiger partial charge in [0.2, 0.25) is 0 Å². The maximum atomic E-state index is 5.81. The molecule has 156 valence electrons. The number of nitrogens with one attached hydrogen (secondary N) is 1. The number of aromatic amines is 1. The predicted octanol–water partition coefficient (Wildman–Crippen LogP) is 6.82. The molecule has 0 bridgehead atoms. The van der Waals surface area contributed by atoms with Crippen molar-refractivity contribution in [2.75, 3.05) is 7.11 Å². The Morgan fingerprint density at radius 1 is 0.906 bits per heavy atom. The van der Waals surface area contributed by atoms with Gasteiger partial charge in [-0.2, -0.15) is 0 Å². The van der Waals surface area contributed by atoms with Gasteiger partial charge in [-0.05, 0) is 48.9 Å². The third-order valence-electron chi connectivity index (χ3n) is 6.15. The normalized spacial score (nSPS) is 11.6. The number of pyridine rings is 1. The van der Waals surface area contributed by atoms with Crippen LogP contribution >= 0.6 is 0 Å². The number of benzene rings is 3. The van der Waals surface area contributed by atoms with Crippen LogP contribution in [0.25, 0.3) is 55.0 Å². The van der Waals surface area contributed by atoms with Crippen molar-refractivity contribution in [3.8, 4) is 28.1 Å². The Labute approximate surface area is 184 Å². The molecule has 3 heterocycles. The molecule has 6 aromatic rings. The molecule has 0 unspecified atom stereocenters. The number of aromatic nitrogens is 3. The number of hydrogen-bond donors (Lipinski definition) is 1. The van der Waals surface area contributed by atoms with Gasteiger partial charge in [0, 0.05) is 33.6 Å². The largest absolute Gasteiger partial charge is 0.496 e. The van der Waals surface area contributed by atoms with Crippen molar-refractivity contribution < 1.29 is 9.26 Å². The van der Waals surface area contributed by atoms with Gasteiger partial charge in [0.1, 0.15) is 11.5 Å². The van der Waals surface area contributed by atoms with E-state index in [2.05, 4.69) is 64.7 Å². The van der Waals surface area contributed by atoms with Gasteiger partial charge < -0.3 is 14.2 Å². The van der Waals surface area contributed by atoms with Crippen LogP contribution < -0.4 is 4.74 Å². The van der Waals surface area contributed by atoms with E-state index in [9.17, 15) is 0 Å². The summed E-state index contributed by atoms with van der Waals surface area (Å²) in [5.74, 6) is 1.55. The minimum Gasteiger partial charge on any atom is -0.496 e. The molecule has 0 aliphatic rings. The summed E-state index contributed by atoms with van der Waals surface area (Å²) < 4.78 is 11.2.